The molecule has 1 fully saturated rings. The fourth-order valence-corrected chi connectivity index (χ4v) is 2.91. The molecule has 1 N–H and O–H groups in total. The molecule has 0 aromatic carbocycles. The molecule has 15 heavy (non-hydrogen) atoms. The summed E-state index contributed by atoms with van der Waals surface area (Å²) in [4.78, 5) is 14.3. The molecule has 1 aliphatic rings. The molecule has 1 atom stereocenters. The number of carbonyl (C=O) groups is 1. The number of thioether (sulfide) groups is 1. The lowest BCUT2D eigenvalue weighted by molar-refractivity contribution is -0.126. The molecule has 0 bridgehead atoms. The van der Waals surface area contributed by atoms with Crippen LogP contribution in [0.4, 0.5) is 0 Å². The Morgan fingerprint density at radius 1 is 1.40 bits per heavy atom. The van der Waals surface area contributed by atoms with Crippen LogP contribution in [-0.4, -0.2) is 47.0 Å². The highest BCUT2D eigenvalue weighted by Gasteiger charge is 2.30. The summed E-state index contributed by atoms with van der Waals surface area (Å²) in [6.45, 7) is 9.36. The van der Waals surface area contributed by atoms with Crippen molar-refractivity contribution in [3.8, 4) is 0 Å². The lowest BCUT2D eigenvalue weighted by atomic mass is 10.2. The van der Waals surface area contributed by atoms with E-state index in [1.165, 1.54) is 0 Å². The SMILES string of the molecule is CC(C)NC(=O)[C@H]1CSCCN1C(C)C. The number of amides is 1. The van der Waals surface area contributed by atoms with Crippen LogP contribution in [0.15, 0.2) is 0 Å². The van der Waals surface area contributed by atoms with Gasteiger partial charge >= 0.3 is 0 Å². The molecule has 0 aromatic rings. The number of rotatable bonds is 3. The Hall–Kier alpha value is -0.220. The van der Waals surface area contributed by atoms with Gasteiger partial charge in [0.05, 0.1) is 6.04 Å². The molecule has 0 saturated carbocycles. The van der Waals surface area contributed by atoms with Crippen molar-refractivity contribution in [1.82, 2.24) is 10.2 Å². The van der Waals surface area contributed by atoms with Crippen LogP contribution >= 0.6 is 11.8 Å². The van der Waals surface area contributed by atoms with E-state index in [4.69, 9.17) is 0 Å². The molecule has 0 aliphatic carbocycles. The molecule has 1 aliphatic heterocycles. The Kier molecular flexibility index (Phi) is 4.93. The standard InChI is InChI=1S/C11H22N2OS/c1-8(2)12-11(14)10-7-15-6-5-13(10)9(3)4/h8-10H,5-7H2,1-4H3,(H,12,14)/t10-/m1/s1. The zero-order valence-corrected chi connectivity index (χ0v) is 10.9. The largest absolute Gasteiger partial charge is 0.353 e. The van der Waals surface area contributed by atoms with Crippen LogP contribution in [0.25, 0.3) is 0 Å². The van der Waals surface area contributed by atoms with Gasteiger partial charge in [0.25, 0.3) is 0 Å². The van der Waals surface area contributed by atoms with E-state index in [1.807, 2.05) is 25.6 Å². The van der Waals surface area contributed by atoms with E-state index >= 15 is 0 Å². The monoisotopic (exact) mass is 230 g/mol. The van der Waals surface area contributed by atoms with E-state index in [2.05, 4.69) is 24.1 Å². The quantitative estimate of drug-likeness (QED) is 0.794. The molecular formula is C11H22N2OS. The van der Waals surface area contributed by atoms with Gasteiger partial charge in [-0.1, -0.05) is 0 Å². The summed E-state index contributed by atoms with van der Waals surface area (Å²) < 4.78 is 0. The van der Waals surface area contributed by atoms with Crippen LogP contribution < -0.4 is 5.32 Å². The van der Waals surface area contributed by atoms with E-state index in [1.54, 1.807) is 0 Å². The fraction of sp³-hybridized carbons (Fsp3) is 0.909. The Morgan fingerprint density at radius 2 is 2.07 bits per heavy atom. The van der Waals surface area contributed by atoms with Crippen molar-refractivity contribution in [1.29, 1.82) is 0 Å². The smallest absolute Gasteiger partial charge is 0.238 e. The molecule has 1 heterocycles. The Bertz CT molecular complexity index is 219. The number of nitrogens with one attached hydrogen (secondary N) is 1. The molecule has 0 radical (unpaired) electrons. The maximum atomic E-state index is 12.0. The maximum Gasteiger partial charge on any atom is 0.238 e. The van der Waals surface area contributed by atoms with Gasteiger partial charge in [-0.25, -0.2) is 0 Å². The highest BCUT2D eigenvalue weighted by atomic mass is 32.2. The van der Waals surface area contributed by atoms with Gasteiger partial charge in [0, 0.05) is 30.1 Å². The zero-order valence-electron chi connectivity index (χ0n) is 10.1. The molecular weight excluding hydrogens is 208 g/mol. The first-order chi connectivity index (χ1) is 7.02. The predicted octanol–water partition coefficient (Wildman–Crippen LogP) is 1.34. The van der Waals surface area contributed by atoms with Crippen molar-refractivity contribution < 1.29 is 4.79 Å². The molecule has 0 aromatic heterocycles. The number of hydrogen-bond donors (Lipinski definition) is 1. The van der Waals surface area contributed by atoms with Gasteiger partial charge in [-0.3, -0.25) is 9.69 Å². The van der Waals surface area contributed by atoms with Gasteiger partial charge in [-0.15, -0.1) is 0 Å². The molecule has 0 spiro atoms. The Morgan fingerprint density at radius 3 is 2.60 bits per heavy atom. The molecule has 1 rings (SSSR count). The number of nitrogens with zero attached hydrogens (tertiary/aromatic N) is 1. The zero-order chi connectivity index (χ0) is 11.4. The van der Waals surface area contributed by atoms with Crippen molar-refractivity contribution in [3.63, 3.8) is 0 Å². The van der Waals surface area contributed by atoms with Crippen LogP contribution in [0, 0.1) is 0 Å². The van der Waals surface area contributed by atoms with Gasteiger partial charge in [0.15, 0.2) is 0 Å². The van der Waals surface area contributed by atoms with Crippen molar-refractivity contribution in [2.24, 2.45) is 0 Å². The van der Waals surface area contributed by atoms with E-state index in [9.17, 15) is 4.79 Å². The lowest BCUT2D eigenvalue weighted by Crippen LogP contribution is -2.55. The third-order valence-electron chi connectivity index (χ3n) is 2.57. The second kappa shape index (κ2) is 5.75. The normalized spacial score (nSPS) is 23.5. The van der Waals surface area contributed by atoms with Gasteiger partial charge in [-0.2, -0.15) is 11.8 Å². The molecule has 1 amide bonds. The molecule has 88 valence electrons. The van der Waals surface area contributed by atoms with Gasteiger partial charge < -0.3 is 5.32 Å². The molecule has 0 unspecified atom stereocenters. The van der Waals surface area contributed by atoms with Gasteiger partial charge in [-0.05, 0) is 27.7 Å². The van der Waals surface area contributed by atoms with Gasteiger partial charge in [0.2, 0.25) is 5.91 Å². The number of carbonyl (C=O) groups excluding carboxylic acids is 1. The first-order valence-electron chi connectivity index (χ1n) is 5.66. The third-order valence-corrected chi connectivity index (χ3v) is 3.59. The molecule has 1 saturated heterocycles. The molecule has 3 nitrogen and oxygen atoms in total. The van der Waals surface area contributed by atoms with Crippen LogP contribution in [-0.2, 0) is 4.79 Å². The van der Waals surface area contributed by atoms with Crippen molar-refractivity contribution in [3.05, 3.63) is 0 Å². The van der Waals surface area contributed by atoms with E-state index in [-0.39, 0.29) is 18.0 Å². The summed E-state index contributed by atoms with van der Waals surface area (Å²) in [6.07, 6.45) is 0. The molecule has 4 heteroatoms. The second-order valence-electron chi connectivity index (χ2n) is 4.59. The van der Waals surface area contributed by atoms with Gasteiger partial charge in [0.1, 0.15) is 0 Å². The summed E-state index contributed by atoms with van der Waals surface area (Å²) in [6, 6.07) is 0.749. The fourth-order valence-electron chi connectivity index (χ4n) is 1.84. The first-order valence-corrected chi connectivity index (χ1v) is 6.81. The topological polar surface area (TPSA) is 32.3 Å². The Balaban J connectivity index is 2.59. The van der Waals surface area contributed by atoms with Crippen molar-refractivity contribution in [2.75, 3.05) is 18.1 Å². The highest BCUT2D eigenvalue weighted by molar-refractivity contribution is 7.99. The lowest BCUT2D eigenvalue weighted by Gasteiger charge is -2.37. The second-order valence-corrected chi connectivity index (χ2v) is 5.74. The van der Waals surface area contributed by atoms with Crippen LogP contribution in [0.5, 0.6) is 0 Å². The summed E-state index contributed by atoms with van der Waals surface area (Å²) in [5, 5.41) is 3.00. The minimum absolute atomic E-state index is 0.0612. The first kappa shape index (κ1) is 12.8. The van der Waals surface area contributed by atoms with Crippen molar-refractivity contribution >= 4 is 17.7 Å². The van der Waals surface area contributed by atoms with E-state index < -0.39 is 0 Å². The highest BCUT2D eigenvalue weighted by Crippen LogP contribution is 2.19. The van der Waals surface area contributed by atoms with Crippen LogP contribution in [0.2, 0.25) is 0 Å². The van der Waals surface area contributed by atoms with Crippen LogP contribution in [0.1, 0.15) is 27.7 Å². The maximum absolute atomic E-state index is 12.0. The summed E-state index contributed by atoms with van der Waals surface area (Å²) >= 11 is 1.88. The number of hydrogen-bond acceptors (Lipinski definition) is 3. The average Bonchev–Trinajstić information content (AvgIpc) is 2.16. The predicted molar refractivity (Wildman–Crippen MR) is 66.2 cm³/mol. The third kappa shape index (κ3) is 3.68. The Labute approximate surface area is 97.0 Å². The minimum Gasteiger partial charge on any atom is -0.353 e. The summed E-state index contributed by atoms with van der Waals surface area (Å²) in [5.41, 5.74) is 0. The minimum atomic E-state index is 0.0612. The average molecular weight is 230 g/mol. The summed E-state index contributed by atoms with van der Waals surface area (Å²) in [5.74, 6) is 2.26. The van der Waals surface area contributed by atoms with E-state index in [0.717, 1.165) is 18.1 Å². The van der Waals surface area contributed by atoms with Crippen molar-refractivity contribution in [2.45, 2.75) is 45.8 Å². The van der Waals surface area contributed by atoms with Crippen LogP contribution in [0.3, 0.4) is 0 Å². The summed E-state index contributed by atoms with van der Waals surface area (Å²) in [7, 11) is 0. The van der Waals surface area contributed by atoms with E-state index in [0.29, 0.717) is 6.04 Å².